The van der Waals surface area contributed by atoms with Gasteiger partial charge in [-0.2, -0.15) is 0 Å². The van der Waals surface area contributed by atoms with Crippen LogP contribution in [0.15, 0.2) is 24.3 Å². The molecule has 0 spiro atoms. The number of hydrogen-bond donors (Lipinski definition) is 3. The minimum absolute atomic E-state index is 0.0649. The molecule has 0 aliphatic carbocycles. The van der Waals surface area contributed by atoms with E-state index in [1.807, 2.05) is 0 Å². The van der Waals surface area contributed by atoms with Gasteiger partial charge >= 0.3 is 12.1 Å². The highest BCUT2D eigenvalue weighted by molar-refractivity contribution is 5.97. The highest BCUT2D eigenvalue weighted by atomic mass is 16.6. The molecule has 1 aromatic carbocycles. The van der Waals surface area contributed by atoms with Gasteiger partial charge in [-0.25, -0.2) is 4.79 Å². The number of nitrogen functional groups attached to an aromatic ring is 1. The molecule has 9 heteroatoms. The molecule has 2 aliphatic heterocycles. The smallest absolute Gasteiger partial charge is 0.415 e. The minimum Gasteiger partial charge on any atom is -0.481 e. The molecule has 9 nitrogen and oxygen atoms in total. The quantitative estimate of drug-likeness (QED) is 0.519. The predicted octanol–water partition coefficient (Wildman–Crippen LogP) is 1.01. The van der Waals surface area contributed by atoms with Crippen molar-refractivity contribution in [1.82, 2.24) is 4.90 Å². The average Bonchev–Trinajstić information content (AvgIpc) is 3.03. The third kappa shape index (κ3) is 4.18. The first kappa shape index (κ1) is 18.7. The van der Waals surface area contributed by atoms with E-state index >= 15 is 0 Å². The third-order valence-corrected chi connectivity index (χ3v) is 4.97. The Hall–Kier alpha value is -3.10. The molecule has 2 heterocycles. The van der Waals surface area contributed by atoms with Crippen LogP contribution < -0.4 is 10.6 Å². The molecule has 2 aliphatic rings. The maximum atomic E-state index is 12.7. The molecule has 0 saturated carbocycles. The van der Waals surface area contributed by atoms with Gasteiger partial charge in [-0.3, -0.25) is 19.9 Å². The molecule has 1 aromatic rings. The van der Waals surface area contributed by atoms with Crippen molar-refractivity contribution >= 4 is 29.5 Å². The summed E-state index contributed by atoms with van der Waals surface area (Å²) in [7, 11) is 0. The number of nitrogens with one attached hydrogen (secondary N) is 1. The van der Waals surface area contributed by atoms with Crippen molar-refractivity contribution in [2.24, 2.45) is 11.7 Å². The topological polar surface area (TPSA) is 137 Å². The lowest BCUT2D eigenvalue weighted by Gasteiger charge is -2.32. The van der Waals surface area contributed by atoms with Gasteiger partial charge in [-0.05, 0) is 43.0 Å². The summed E-state index contributed by atoms with van der Waals surface area (Å²) in [6, 6.07) is 6.57. The number of carboxylic acids is 1. The number of nitrogens with two attached hydrogens (primary N) is 1. The summed E-state index contributed by atoms with van der Waals surface area (Å²) in [5.74, 6) is -1.06. The highest BCUT2D eigenvalue weighted by Gasteiger charge is 2.39. The number of rotatable bonds is 5. The number of aliphatic carboxylic acids is 1. The molecular formula is C18H22N4O5. The van der Waals surface area contributed by atoms with Crippen LogP contribution >= 0.6 is 0 Å². The highest BCUT2D eigenvalue weighted by Crippen LogP contribution is 2.25. The lowest BCUT2D eigenvalue weighted by molar-refractivity contribution is -0.141. The molecule has 0 aromatic heterocycles. The summed E-state index contributed by atoms with van der Waals surface area (Å²) in [6.07, 6.45) is -0.0837. The van der Waals surface area contributed by atoms with Gasteiger partial charge in [0.2, 0.25) is 0 Å². The Balaban J connectivity index is 1.59. The summed E-state index contributed by atoms with van der Waals surface area (Å²) < 4.78 is 5.25. The van der Waals surface area contributed by atoms with E-state index in [1.54, 1.807) is 29.2 Å². The van der Waals surface area contributed by atoms with E-state index in [0.717, 1.165) is 0 Å². The molecule has 0 radical (unpaired) electrons. The van der Waals surface area contributed by atoms with E-state index in [4.69, 9.17) is 21.0 Å². The molecule has 1 atom stereocenters. The van der Waals surface area contributed by atoms with Gasteiger partial charge in [0.1, 0.15) is 5.84 Å². The van der Waals surface area contributed by atoms with Gasteiger partial charge in [0.25, 0.3) is 5.91 Å². The van der Waals surface area contributed by atoms with Crippen LogP contribution in [-0.4, -0.2) is 59.6 Å². The molecular weight excluding hydrogens is 352 g/mol. The second kappa shape index (κ2) is 7.65. The molecule has 2 amide bonds. The van der Waals surface area contributed by atoms with Gasteiger partial charge < -0.3 is 20.5 Å². The lowest BCUT2D eigenvalue weighted by Crippen LogP contribution is -2.45. The first-order valence-corrected chi connectivity index (χ1v) is 8.78. The van der Waals surface area contributed by atoms with Crippen molar-refractivity contribution in [3.8, 4) is 0 Å². The number of hydrogen-bond acceptors (Lipinski definition) is 5. The zero-order chi connectivity index (χ0) is 19.6. The zero-order valence-electron chi connectivity index (χ0n) is 14.8. The van der Waals surface area contributed by atoms with E-state index < -0.39 is 18.2 Å². The van der Waals surface area contributed by atoms with Crippen LogP contribution in [0.1, 0.15) is 24.8 Å². The summed E-state index contributed by atoms with van der Waals surface area (Å²) in [5.41, 5.74) is 6.54. The molecule has 0 bridgehead atoms. The summed E-state index contributed by atoms with van der Waals surface area (Å²) in [4.78, 5) is 38.6. The van der Waals surface area contributed by atoms with Crippen molar-refractivity contribution in [1.29, 1.82) is 5.41 Å². The Morgan fingerprint density at radius 2 is 1.85 bits per heavy atom. The largest absolute Gasteiger partial charge is 0.481 e. The van der Waals surface area contributed by atoms with Gasteiger partial charge in [0.15, 0.2) is 6.10 Å². The van der Waals surface area contributed by atoms with Crippen molar-refractivity contribution in [3.05, 3.63) is 29.8 Å². The van der Waals surface area contributed by atoms with Crippen LogP contribution in [0.3, 0.4) is 0 Å². The van der Waals surface area contributed by atoms with E-state index in [-0.39, 0.29) is 30.6 Å². The van der Waals surface area contributed by atoms with Crippen molar-refractivity contribution in [2.75, 3.05) is 24.5 Å². The van der Waals surface area contributed by atoms with Gasteiger partial charge in [-0.1, -0.05) is 0 Å². The summed E-state index contributed by atoms with van der Waals surface area (Å²) >= 11 is 0. The Morgan fingerprint density at radius 1 is 1.22 bits per heavy atom. The van der Waals surface area contributed by atoms with Crippen LogP contribution in [0.2, 0.25) is 0 Å². The van der Waals surface area contributed by atoms with Crippen LogP contribution in [0, 0.1) is 11.3 Å². The van der Waals surface area contributed by atoms with E-state index in [0.29, 0.717) is 37.2 Å². The SMILES string of the molecule is N=C(N)c1ccc(N2CC(C(=O)N3CCC(CC(=O)O)CC3)OC2=O)cc1. The number of carboxylic acid groups (broad SMARTS) is 1. The van der Waals surface area contributed by atoms with Crippen molar-refractivity contribution < 1.29 is 24.2 Å². The van der Waals surface area contributed by atoms with E-state index in [2.05, 4.69) is 0 Å². The molecule has 144 valence electrons. The number of carbonyl (C=O) groups is 3. The second-order valence-electron chi connectivity index (χ2n) is 6.81. The molecule has 4 N–H and O–H groups in total. The normalized spacial score (nSPS) is 20.4. The number of amidine groups is 1. The number of anilines is 1. The van der Waals surface area contributed by atoms with Gasteiger partial charge in [0, 0.05) is 30.8 Å². The fraction of sp³-hybridized carbons (Fsp3) is 0.444. The molecule has 2 saturated heterocycles. The van der Waals surface area contributed by atoms with Gasteiger partial charge in [0.05, 0.1) is 6.54 Å². The first-order valence-electron chi connectivity index (χ1n) is 8.78. The molecule has 2 fully saturated rings. The van der Waals surface area contributed by atoms with Crippen LogP contribution in [0.4, 0.5) is 10.5 Å². The maximum Gasteiger partial charge on any atom is 0.415 e. The van der Waals surface area contributed by atoms with Crippen LogP contribution in [0.25, 0.3) is 0 Å². The number of benzene rings is 1. The number of piperidine rings is 1. The third-order valence-electron chi connectivity index (χ3n) is 4.97. The number of likely N-dealkylation sites (tertiary alicyclic amines) is 1. The van der Waals surface area contributed by atoms with Crippen LogP contribution in [0.5, 0.6) is 0 Å². The molecule has 1 unspecified atom stereocenters. The number of carbonyl (C=O) groups excluding carboxylic acids is 2. The van der Waals surface area contributed by atoms with E-state index in [1.165, 1.54) is 4.90 Å². The Morgan fingerprint density at radius 3 is 2.41 bits per heavy atom. The first-order chi connectivity index (χ1) is 12.8. The standard InChI is InChI=1S/C18H22N4O5/c19-16(20)12-1-3-13(4-2-12)22-10-14(27-18(22)26)17(25)21-7-5-11(6-8-21)9-15(23)24/h1-4,11,14H,5-10H2,(H3,19,20)(H,23,24). The van der Waals surface area contributed by atoms with Gasteiger partial charge in [-0.15, -0.1) is 0 Å². The second-order valence-corrected chi connectivity index (χ2v) is 6.81. The maximum absolute atomic E-state index is 12.7. The Kier molecular flexibility index (Phi) is 5.29. The zero-order valence-corrected chi connectivity index (χ0v) is 14.8. The van der Waals surface area contributed by atoms with Crippen molar-refractivity contribution in [2.45, 2.75) is 25.4 Å². The lowest BCUT2D eigenvalue weighted by atomic mass is 9.93. The Bertz CT molecular complexity index is 756. The number of ether oxygens (including phenoxy) is 1. The average molecular weight is 374 g/mol. The Labute approximate surface area is 156 Å². The summed E-state index contributed by atoms with van der Waals surface area (Å²) in [6.45, 7) is 1.06. The number of cyclic esters (lactones) is 1. The number of nitrogens with zero attached hydrogens (tertiary/aromatic N) is 2. The van der Waals surface area contributed by atoms with Crippen LogP contribution in [-0.2, 0) is 14.3 Å². The predicted molar refractivity (Wildman–Crippen MR) is 96.6 cm³/mol. The molecule has 27 heavy (non-hydrogen) atoms. The fourth-order valence-electron chi connectivity index (χ4n) is 3.43. The molecule has 3 rings (SSSR count). The van der Waals surface area contributed by atoms with E-state index in [9.17, 15) is 14.4 Å². The minimum atomic E-state index is -0.874. The number of amides is 2. The fourth-order valence-corrected chi connectivity index (χ4v) is 3.43. The van der Waals surface area contributed by atoms with Crippen molar-refractivity contribution in [3.63, 3.8) is 0 Å². The monoisotopic (exact) mass is 374 g/mol. The summed E-state index contributed by atoms with van der Waals surface area (Å²) in [5, 5.41) is 16.3.